The number of benzene rings is 1. The average Bonchev–Trinajstić information content (AvgIpc) is 2.53. The van der Waals surface area contributed by atoms with Crippen molar-refractivity contribution >= 4 is 5.91 Å². The highest BCUT2D eigenvalue weighted by Gasteiger charge is 2.27. The first-order valence-corrected chi connectivity index (χ1v) is 6.98. The van der Waals surface area contributed by atoms with Crippen LogP contribution >= 0.6 is 0 Å². The highest BCUT2D eigenvalue weighted by Crippen LogP contribution is 2.22. The molecule has 3 nitrogen and oxygen atoms in total. The number of aliphatic hydroxyl groups is 1. The monoisotopic (exact) mass is 261 g/mol. The molecule has 0 saturated carbocycles. The Kier molecular flexibility index (Phi) is 3.95. The molecule has 0 radical (unpaired) electrons. The molecular formula is C16H23NO2. The van der Waals surface area contributed by atoms with Gasteiger partial charge in [0, 0.05) is 18.7 Å². The van der Waals surface area contributed by atoms with Crippen molar-refractivity contribution in [2.45, 2.75) is 45.6 Å². The third-order valence-electron chi connectivity index (χ3n) is 4.10. The molecule has 1 N–H and O–H groups in total. The van der Waals surface area contributed by atoms with E-state index in [4.69, 9.17) is 0 Å². The van der Waals surface area contributed by atoms with Crippen LogP contribution in [0, 0.1) is 13.8 Å². The summed E-state index contributed by atoms with van der Waals surface area (Å²) in [4.78, 5) is 14.3. The van der Waals surface area contributed by atoms with Crippen molar-refractivity contribution in [3.63, 3.8) is 0 Å². The van der Waals surface area contributed by atoms with E-state index in [-0.39, 0.29) is 5.91 Å². The maximum atomic E-state index is 12.5. The highest BCUT2D eigenvalue weighted by atomic mass is 16.3. The molecule has 1 aliphatic heterocycles. The smallest absolute Gasteiger partial charge is 0.253 e. The molecule has 104 valence electrons. The van der Waals surface area contributed by atoms with E-state index in [1.165, 1.54) is 5.56 Å². The topological polar surface area (TPSA) is 40.5 Å². The zero-order chi connectivity index (χ0) is 14.0. The van der Waals surface area contributed by atoms with Gasteiger partial charge in [0.05, 0.1) is 5.60 Å². The third-order valence-corrected chi connectivity index (χ3v) is 4.10. The summed E-state index contributed by atoms with van der Waals surface area (Å²) in [5.41, 5.74) is 2.48. The van der Waals surface area contributed by atoms with Gasteiger partial charge in [0.15, 0.2) is 0 Å². The van der Waals surface area contributed by atoms with E-state index >= 15 is 0 Å². The molecule has 19 heavy (non-hydrogen) atoms. The van der Waals surface area contributed by atoms with E-state index in [1.54, 1.807) is 0 Å². The number of nitrogens with zero attached hydrogens (tertiary/aromatic N) is 1. The van der Waals surface area contributed by atoms with Gasteiger partial charge in [0.1, 0.15) is 0 Å². The zero-order valence-electron chi connectivity index (χ0n) is 12.1. The predicted molar refractivity (Wildman–Crippen MR) is 76.3 cm³/mol. The Bertz CT molecular complexity index is 480. The van der Waals surface area contributed by atoms with Crippen LogP contribution in [0.3, 0.4) is 0 Å². The predicted octanol–water partition coefficient (Wildman–Crippen LogP) is 2.68. The van der Waals surface area contributed by atoms with Gasteiger partial charge in [0.2, 0.25) is 0 Å². The quantitative estimate of drug-likeness (QED) is 0.844. The van der Waals surface area contributed by atoms with Gasteiger partial charge < -0.3 is 10.0 Å². The molecule has 1 aliphatic rings. The van der Waals surface area contributed by atoms with Crippen molar-refractivity contribution in [1.82, 2.24) is 4.90 Å². The average molecular weight is 261 g/mol. The van der Waals surface area contributed by atoms with Crippen molar-refractivity contribution in [1.29, 1.82) is 0 Å². The summed E-state index contributed by atoms with van der Waals surface area (Å²) in [5.74, 6) is 0.0841. The summed E-state index contributed by atoms with van der Waals surface area (Å²) in [6, 6.07) is 5.85. The van der Waals surface area contributed by atoms with Crippen LogP contribution in [0.2, 0.25) is 0 Å². The lowest BCUT2D eigenvalue weighted by atomic mass is 9.98. The Morgan fingerprint density at radius 3 is 2.63 bits per heavy atom. The van der Waals surface area contributed by atoms with Crippen LogP contribution in [0.4, 0.5) is 0 Å². The lowest BCUT2D eigenvalue weighted by Crippen LogP contribution is -2.33. The number of rotatable bonds is 1. The molecule has 1 aromatic carbocycles. The molecular weight excluding hydrogens is 238 g/mol. The fraction of sp³-hybridized carbons (Fsp3) is 0.562. The number of carbonyl (C=O) groups excluding carboxylic acids is 1. The Labute approximate surface area is 115 Å². The minimum absolute atomic E-state index is 0.0841. The Morgan fingerprint density at radius 1 is 1.21 bits per heavy atom. The molecule has 1 unspecified atom stereocenters. The molecule has 0 aliphatic carbocycles. The molecule has 0 aromatic heterocycles. The van der Waals surface area contributed by atoms with Crippen LogP contribution in [0.5, 0.6) is 0 Å². The first-order valence-electron chi connectivity index (χ1n) is 6.98. The van der Waals surface area contributed by atoms with Crippen LogP contribution in [0.25, 0.3) is 0 Å². The molecule has 0 spiro atoms. The van der Waals surface area contributed by atoms with Gasteiger partial charge >= 0.3 is 0 Å². The van der Waals surface area contributed by atoms with Crippen molar-refractivity contribution in [2.75, 3.05) is 13.1 Å². The van der Waals surface area contributed by atoms with E-state index in [9.17, 15) is 9.90 Å². The molecule has 1 aromatic rings. The van der Waals surface area contributed by atoms with Crippen LogP contribution in [0.1, 0.15) is 47.7 Å². The number of amides is 1. The summed E-state index contributed by atoms with van der Waals surface area (Å²) in [6.07, 6.45) is 2.29. The van der Waals surface area contributed by atoms with Gasteiger partial charge in [-0.1, -0.05) is 6.07 Å². The third kappa shape index (κ3) is 3.35. The number of hydrogen-bond donors (Lipinski definition) is 1. The summed E-state index contributed by atoms with van der Waals surface area (Å²) in [5, 5.41) is 10.1. The Morgan fingerprint density at radius 2 is 1.95 bits per heavy atom. The van der Waals surface area contributed by atoms with Crippen LogP contribution in [-0.4, -0.2) is 34.6 Å². The van der Waals surface area contributed by atoms with Gasteiger partial charge in [-0.2, -0.15) is 0 Å². The molecule has 1 atom stereocenters. The molecule has 1 heterocycles. The summed E-state index contributed by atoms with van der Waals surface area (Å²) in [7, 11) is 0. The largest absolute Gasteiger partial charge is 0.390 e. The van der Waals surface area contributed by atoms with Crippen LogP contribution in [-0.2, 0) is 0 Å². The minimum atomic E-state index is -0.627. The van der Waals surface area contributed by atoms with Gasteiger partial charge in [-0.05, 0) is 63.3 Å². The number of carbonyl (C=O) groups is 1. The lowest BCUT2D eigenvalue weighted by molar-refractivity contribution is 0.0438. The second-order valence-electron chi connectivity index (χ2n) is 5.94. The maximum absolute atomic E-state index is 12.5. The van der Waals surface area contributed by atoms with E-state index in [2.05, 4.69) is 0 Å². The van der Waals surface area contributed by atoms with Gasteiger partial charge in [-0.25, -0.2) is 0 Å². The van der Waals surface area contributed by atoms with E-state index in [0.717, 1.165) is 30.5 Å². The highest BCUT2D eigenvalue weighted by molar-refractivity contribution is 5.94. The molecule has 1 saturated heterocycles. The van der Waals surface area contributed by atoms with Crippen molar-refractivity contribution < 1.29 is 9.90 Å². The maximum Gasteiger partial charge on any atom is 0.253 e. The fourth-order valence-electron chi connectivity index (χ4n) is 2.52. The zero-order valence-corrected chi connectivity index (χ0v) is 12.1. The molecule has 2 rings (SSSR count). The van der Waals surface area contributed by atoms with Crippen LogP contribution < -0.4 is 0 Å². The summed E-state index contributed by atoms with van der Waals surface area (Å²) < 4.78 is 0. The second kappa shape index (κ2) is 5.33. The van der Waals surface area contributed by atoms with E-state index in [1.807, 2.05) is 43.9 Å². The summed E-state index contributed by atoms with van der Waals surface area (Å²) >= 11 is 0. The molecule has 1 amide bonds. The van der Waals surface area contributed by atoms with Gasteiger partial charge in [0.25, 0.3) is 5.91 Å². The normalized spacial score (nSPS) is 24.1. The Balaban J connectivity index is 2.13. The van der Waals surface area contributed by atoms with E-state index in [0.29, 0.717) is 13.0 Å². The molecule has 3 heteroatoms. The first-order chi connectivity index (χ1) is 8.89. The molecule has 0 bridgehead atoms. The number of aryl methyl sites for hydroxylation is 2. The van der Waals surface area contributed by atoms with E-state index < -0.39 is 5.60 Å². The fourth-order valence-corrected chi connectivity index (χ4v) is 2.52. The minimum Gasteiger partial charge on any atom is -0.390 e. The number of likely N-dealkylation sites (tertiary alicyclic amines) is 1. The SMILES string of the molecule is Cc1ccc(C(=O)N2CCCC(C)(O)CC2)cc1C. The van der Waals surface area contributed by atoms with Crippen molar-refractivity contribution in [3.8, 4) is 0 Å². The van der Waals surface area contributed by atoms with Gasteiger partial charge in [-0.3, -0.25) is 4.79 Å². The second-order valence-corrected chi connectivity index (χ2v) is 5.94. The van der Waals surface area contributed by atoms with Crippen molar-refractivity contribution in [2.24, 2.45) is 0 Å². The molecule has 1 fully saturated rings. The first kappa shape index (κ1) is 14.1. The van der Waals surface area contributed by atoms with Crippen LogP contribution in [0.15, 0.2) is 18.2 Å². The Hall–Kier alpha value is -1.35. The summed E-state index contributed by atoms with van der Waals surface area (Å²) in [6.45, 7) is 7.31. The van der Waals surface area contributed by atoms with Gasteiger partial charge in [-0.15, -0.1) is 0 Å². The lowest BCUT2D eigenvalue weighted by Gasteiger charge is -2.23. The standard InChI is InChI=1S/C16H23NO2/c1-12-5-6-14(11-13(12)2)15(18)17-9-4-7-16(3,19)8-10-17/h5-6,11,19H,4,7-10H2,1-3H3. The number of hydrogen-bond acceptors (Lipinski definition) is 2. The van der Waals surface area contributed by atoms with Crippen molar-refractivity contribution in [3.05, 3.63) is 34.9 Å².